The standard InChI is InChI=1S/C26H19ClF2N2O/c27-21-7-2-1-6-19(21)24-20-12-16-4-3-5-17(16)13-22(20)30-14-23(24)31-26(32)25(29)15-8-10-18(28)11-9-15/h1-2,6-14,25H,3-5H2,(H,31,32). The van der Waals surface area contributed by atoms with E-state index in [1.54, 1.807) is 6.07 Å². The smallest absolute Gasteiger partial charge is 0.263 e. The average molecular weight is 449 g/mol. The molecule has 1 aromatic heterocycles. The number of pyridine rings is 1. The molecule has 1 aliphatic carbocycles. The topological polar surface area (TPSA) is 42.0 Å². The first-order valence-corrected chi connectivity index (χ1v) is 10.8. The Labute approximate surface area is 189 Å². The Balaban J connectivity index is 1.61. The van der Waals surface area contributed by atoms with Crippen LogP contribution in [0, 0.1) is 5.82 Å². The Morgan fingerprint density at radius 3 is 2.50 bits per heavy atom. The van der Waals surface area contributed by atoms with E-state index >= 15 is 0 Å². The predicted octanol–water partition coefficient (Wildman–Crippen LogP) is 6.83. The Morgan fingerprint density at radius 1 is 1.03 bits per heavy atom. The van der Waals surface area contributed by atoms with Gasteiger partial charge in [0.2, 0.25) is 6.17 Å². The molecule has 6 heteroatoms. The molecule has 1 unspecified atom stereocenters. The zero-order chi connectivity index (χ0) is 22.2. The molecule has 1 heterocycles. The number of alkyl halides is 1. The summed E-state index contributed by atoms with van der Waals surface area (Å²) in [6.07, 6.45) is 2.69. The molecular weight excluding hydrogens is 430 g/mol. The summed E-state index contributed by atoms with van der Waals surface area (Å²) < 4.78 is 28.0. The summed E-state index contributed by atoms with van der Waals surface area (Å²) >= 11 is 6.52. The Bertz CT molecular complexity index is 1340. The summed E-state index contributed by atoms with van der Waals surface area (Å²) in [6, 6.07) is 16.3. The van der Waals surface area contributed by atoms with Gasteiger partial charge in [0.25, 0.3) is 5.91 Å². The number of nitrogens with one attached hydrogen (secondary N) is 1. The molecule has 4 aromatic rings. The molecular formula is C26H19ClF2N2O. The molecule has 0 aliphatic heterocycles. The third-order valence-electron chi connectivity index (χ3n) is 5.88. The Kier molecular flexibility index (Phi) is 5.35. The van der Waals surface area contributed by atoms with Crippen molar-refractivity contribution < 1.29 is 13.6 Å². The summed E-state index contributed by atoms with van der Waals surface area (Å²) in [5.41, 5.74) is 5.22. The molecule has 32 heavy (non-hydrogen) atoms. The first-order valence-electron chi connectivity index (χ1n) is 10.4. The molecule has 0 saturated heterocycles. The van der Waals surface area contributed by atoms with E-state index < -0.39 is 17.9 Å². The lowest BCUT2D eigenvalue weighted by Gasteiger charge is -2.17. The number of nitrogens with zero attached hydrogens (tertiary/aromatic N) is 1. The number of rotatable bonds is 4. The molecule has 160 valence electrons. The van der Waals surface area contributed by atoms with Crippen LogP contribution in [-0.4, -0.2) is 10.9 Å². The molecule has 1 aliphatic rings. The van der Waals surface area contributed by atoms with Crippen molar-refractivity contribution in [1.29, 1.82) is 0 Å². The fourth-order valence-corrected chi connectivity index (χ4v) is 4.52. The van der Waals surface area contributed by atoms with Gasteiger partial charge < -0.3 is 5.32 Å². The van der Waals surface area contributed by atoms with Gasteiger partial charge in [-0.3, -0.25) is 9.78 Å². The lowest BCUT2D eigenvalue weighted by molar-refractivity contribution is -0.121. The third-order valence-corrected chi connectivity index (χ3v) is 6.21. The molecule has 1 N–H and O–H groups in total. The van der Waals surface area contributed by atoms with Gasteiger partial charge in [0.05, 0.1) is 17.4 Å². The first kappa shape index (κ1) is 20.6. The predicted molar refractivity (Wildman–Crippen MR) is 123 cm³/mol. The third kappa shape index (κ3) is 3.73. The number of aryl methyl sites for hydroxylation is 2. The van der Waals surface area contributed by atoms with Gasteiger partial charge in [0.15, 0.2) is 0 Å². The SMILES string of the molecule is O=C(Nc1cnc2cc3c(cc2c1-c1ccccc1Cl)CCC3)C(F)c1ccc(F)cc1. The highest BCUT2D eigenvalue weighted by atomic mass is 35.5. The van der Waals surface area contributed by atoms with E-state index in [1.807, 2.05) is 18.2 Å². The number of hydrogen-bond acceptors (Lipinski definition) is 2. The van der Waals surface area contributed by atoms with Gasteiger partial charge in [-0.15, -0.1) is 0 Å². The number of halogens is 3. The summed E-state index contributed by atoms with van der Waals surface area (Å²) in [6.45, 7) is 0. The second-order valence-electron chi connectivity index (χ2n) is 7.92. The van der Waals surface area contributed by atoms with Gasteiger partial charge in [-0.25, -0.2) is 8.78 Å². The van der Waals surface area contributed by atoms with Gasteiger partial charge in [0, 0.05) is 21.5 Å². The molecule has 0 saturated carbocycles. The zero-order valence-electron chi connectivity index (χ0n) is 17.0. The van der Waals surface area contributed by atoms with Crippen molar-refractivity contribution >= 4 is 34.1 Å². The second kappa shape index (κ2) is 8.32. The minimum Gasteiger partial charge on any atom is -0.321 e. The van der Waals surface area contributed by atoms with E-state index in [4.69, 9.17) is 11.6 Å². The summed E-state index contributed by atoms with van der Waals surface area (Å²) in [5, 5.41) is 4.06. The number of anilines is 1. The number of carbonyl (C=O) groups is 1. The minimum atomic E-state index is -1.95. The van der Waals surface area contributed by atoms with Gasteiger partial charge in [0.1, 0.15) is 5.82 Å². The van der Waals surface area contributed by atoms with Crippen LogP contribution in [0.3, 0.4) is 0 Å². The quantitative estimate of drug-likeness (QED) is 0.371. The van der Waals surface area contributed by atoms with Crippen molar-refractivity contribution in [2.45, 2.75) is 25.4 Å². The largest absolute Gasteiger partial charge is 0.321 e. The van der Waals surface area contributed by atoms with E-state index in [2.05, 4.69) is 22.4 Å². The summed E-state index contributed by atoms with van der Waals surface area (Å²) in [7, 11) is 0. The molecule has 1 atom stereocenters. The van der Waals surface area contributed by atoms with Crippen LogP contribution in [0.4, 0.5) is 14.5 Å². The van der Waals surface area contributed by atoms with Crippen molar-refractivity contribution in [3.05, 3.63) is 94.4 Å². The van der Waals surface area contributed by atoms with Crippen LogP contribution in [0.1, 0.15) is 29.3 Å². The van der Waals surface area contributed by atoms with E-state index in [0.29, 0.717) is 16.3 Å². The summed E-state index contributed by atoms with van der Waals surface area (Å²) in [5.74, 6) is -1.35. The highest BCUT2D eigenvalue weighted by molar-refractivity contribution is 6.34. The minimum absolute atomic E-state index is 0.0785. The van der Waals surface area contributed by atoms with Crippen molar-refractivity contribution in [1.82, 2.24) is 4.98 Å². The fourth-order valence-electron chi connectivity index (χ4n) is 4.29. The maximum Gasteiger partial charge on any atom is 0.263 e. The van der Waals surface area contributed by atoms with Crippen molar-refractivity contribution in [2.24, 2.45) is 0 Å². The number of fused-ring (bicyclic) bond motifs is 2. The average Bonchev–Trinajstić information content (AvgIpc) is 3.25. The summed E-state index contributed by atoms with van der Waals surface area (Å²) in [4.78, 5) is 17.3. The molecule has 0 radical (unpaired) electrons. The number of carbonyl (C=O) groups excluding carboxylic acids is 1. The van der Waals surface area contributed by atoms with E-state index in [1.165, 1.54) is 29.5 Å². The van der Waals surface area contributed by atoms with Crippen LogP contribution < -0.4 is 5.32 Å². The van der Waals surface area contributed by atoms with Gasteiger partial charge in [-0.05, 0) is 66.3 Å². The number of benzene rings is 3. The van der Waals surface area contributed by atoms with Crippen LogP contribution in [0.2, 0.25) is 5.02 Å². The molecule has 3 nitrogen and oxygen atoms in total. The molecule has 1 amide bonds. The molecule has 5 rings (SSSR count). The lowest BCUT2D eigenvalue weighted by Crippen LogP contribution is -2.18. The molecule has 0 fully saturated rings. The number of amides is 1. The van der Waals surface area contributed by atoms with Crippen molar-refractivity contribution in [2.75, 3.05) is 5.32 Å². The van der Waals surface area contributed by atoms with Crippen molar-refractivity contribution in [3.8, 4) is 11.1 Å². The maximum absolute atomic E-state index is 14.9. The maximum atomic E-state index is 14.9. The van der Waals surface area contributed by atoms with Crippen molar-refractivity contribution in [3.63, 3.8) is 0 Å². The normalized spacial score (nSPS) is 13.7. The van der Waals surface area contributed by atoms with Crippen LogP contribution in [0.15, 0.2) is 66.9 Å². The van der Waals surface area contributed by atoms with Crippen LogP contribution >= 0.6 is 11.6 Å². The van der Waals surface area contributed by atoms with E-state index in [9.17, 15) is 13.6 Å². The molecule has 0 bridgehead atoms. The zero-order valence-corrected chi connectivity index (χ0v) is 17.8. The lowest BCUT2D eigenvalue weighted by atomic mass is 9.96. The second-order valence-corrected chi connectivity index (χ2v) is 8.33. The monoisotopic (exact) mass is 448 g/mol. The Hall–Kier alpha value is -3.31. The van der Waals surface area contributed by atoms with Gasteiger partial charge in [-0.1, -0.05) is 41.9 Å². The number of aromatic nitrogens is 1. The fraction of sp³-hybridized carbons (Fsp3) is 0.154. The highest BCUT2D eigenvalue weighted by Crippen LogP contribution is 2.40. The van der Waals surface area contributed by atoms with Gasteiger partial charge >= 0.3 is 0 Å². The molecule has 3 aromatic carbocycles. The number of hydrogen-bond donors (Lipinski definition) is 1. The molecule has 0 spiro atoms. The first-order chi connectivity index (χ1) is 15.5. The van der Waals surface area contributed by atoms with Crippen LogP contribution in [0.5, 0.6) is 0 Å². The van der Waals surface area contributed by atoms with E-state index in [0.717, 1.165) is 47.9 Å². The van der Waals surface area contributed by atoms with Crippen LogP contribution in [0.25, 0.3) is 22.0 Å². The van der Waals surface area contributed by atoms with E-state index in [-0.39, 0.29) is 5.56 Å². The van der Waals surface area contributed by atoms with Gasteiger partial charge in [-0.2, -0.15) is 0 Å². The Morgan fingerprint density at radius 2 is 1.75 bits per heavy atom. The highest BCUT2D eigenvalue weighted by Gasteiger charge is 2.23. The van der Waals surface area contributed by atoms with Crippen LogP contribution in [-0.2, 0) is 17.6 Å².